The van der Waals surface area contributed by atoms with Gasteiger partial charge in [0, 0.05) is 18.5 Å². The molecule has 0 aliphatic carbocycles. The van der Waals surface area contributed by atoms with Crippen molar-refractivity contribution >= 4 is 5.91 Å². The number of carbonyl (C=O) groups excluding carboxylic acids is 1. The van der Waals surface area contributed by atoms with Gasteiger partial charge in [0.15, 0.2) is 0 Å². The van der Waals surface area contributed by atoms with Gasteiger partial charge in [-0.15, -0.1) is 0 Å². The van der Waals surface area contributed by atoms with E-state index in [-0.39, 0.29) is 12.5 Å². The molecule has 1 amide bonds. The first-order chi connectivity index (χ1) is 12.4. The van der Waals surface area contributed by atoms with Crippen molar-refractivity contribution in [3.63, 3.8) is 0 Å². The highest BCUT2D eigenvalue weighted by Gasteiger charge is 2.38. The lowest BCUT2D eigenvalue weighted by atomic mass is 10.1. The van der Waals surface area contributed by atoms with E-state index < -0.39 is 5.60 Å². The molecule has 0 saturated carbocycles. The number of nitrogens with zero attached hydrogens (tertiary/aromatic N) is 2. The zero-order valence-electron chi connectivity index (χ0n) is 15.6. The second-order valence-electron chi connectivity index (χ2n) is 7.20. The molecule has 0 unspecified atom stereocenters. The minimum atomic E-state index is -0.998. The standard InChI is InChI=1S/C20H26N2O4/c1-14-5-4-6-17(11-14)25-13-20(24)9-10-22(12-20)19(23)8-7-18-15(2)21-26-16(18)3/h4-6,11,24H,7-10,12-13H2,1-3H3/t20-/m1/s1. The number of carbonyl (C=O) groups is 1. The predicted octanol–water partition coefficient (Wildman–Crippen LogP) is 2.57. The molecular weight excluding hydrogens is 332 g/mol. The molecule has 2 aromatic rings. The molecule has 1 fully saturated rings. The van der Waals surface area contributed by atoms with Gasteiger partial charge in [-0.05, 0) is 51.3 Å². The van der Waals surface area contributed by atoms with Gasteiger partial charge in [-0.2, -0.15) is 0 Å². The molecule has 2 heterocycles. The monoisotopic (exact) mass is 358 g/mol. The smallest absolute Gasteiger partial charge is 0.223 e. The van der Waals surface area contributed by atoms with Crippen molar-refractivity contribution in [3.05, 3.63) is 46.8 Å². The highest BCUT2D eigenvalue weighted by molar-refractivity contribution is 5.77. The molecule has 1 aromatic carbocycles. The van der Waals surface area contributed by atoms with Crippen LogP contribution in [0.4, 0.5) is 0 Å². The second kappa shape index (κ2) is 7.50. The molecule has 140 valence electrons. The summed E-state index contributed by atoms with van der Waals surface area (Å²) in [5.74, 6) is 1.54. The fourth-order valence-electron chi connectivity index (χ4n) is 3.36. The number of aromatic nitrogens is 1. The Bertz CT molecular complexity index is 766. The van der Waals surface area contributed by atoms with Crippen molar-refractivity contribution in [2.24, 2.45) is 0 Å². The number of ether oxygens (including phenoxy) is 1. The van der Waals surface area contributed by atoms with E-state index in [9.17, 15) is 9.90 Å². The first-order valence-corrected chi connectivity index (χ1v) is 8.98. The molecule has 1 aromatic heterocycles. The van der Waals surface area contributed by atoms with Crippen LogP contribution in [0, 0.1) is 20.8 Å². The number of hydrogen-bond acceptors (Lipinski definition) is 5. The average Bonchev–Trinajstić information content (AvgIpc) is 3.15. The van der Waals surface area contributed by atoms with Gasteiger partial charge in [0.25, 0.3) is 0 Å². The summed E-state index contributed by atoms with van der Waals surface area (Å²) < 4.78 is 10.9. The van der Waals surface area contributed by atoms with Crippen LogP contribution in [0.2, 0.25) is 0 Å². The SMILES string of the molecule is Cc1cccc(OC[C@@]2(O)CCN(C(=O)CCc3c(C)noc3C)C2)c1. The van der Waals surface area contributed by atoms with Crippen molar-refractivity contribution in [2.45, 2.75) is 45.6 Å². The molecule has 1 saturated heterocycles. The number of benzene rings is 1. The van der Waals surface area contributed by atoms with Gasteiger partial charge in [0.1, 0.15) is 23.7 Å². The second-order valence-corrected chi connectivity index (χ2v) is 7.20. The van der Waals surface area contributed by atoms with Gasteiger partial charge < -0.3 is 19.3 Å². The van der Waals surface area contributed by atoms with Crippen LogP contribution < -0.4 is 4.74 Å². The molecule has 0 bridgehead atoms. The first kappa shape index (κ1) is 18.5. The summed E-state index contributed by atoms with van der Waals surface area (Å²) in [6.07, 6.45) is 1.52. The summed E-state index contributed by atoms with van der Waals surface area (Å²) in [6.45, 7) is 6.78. The number of hydrogen-bond donors (Lipinski definition) is 1. The van der Waals surface area contributed by atoms with Crippen LogP contribution in [0.25, 0.3) is 0 Å². The van der Waals surface area contributed by atoms with Gasteiger partial charge in [0.05, 0.1) is 12.2 Å². The largest absolute Gasteiger partial charge is 0.491 e. The van der Waals surface area contributed by atoms with Crippen molar-refractivity contribution in [1.29, 1.82) is 0 Å². The molecule has 6 nitrogen and oxygen atoms in total. The molecule has 3 rings (SSSR count). The van der Waals surface area contributed by atoms with Gasteiger partial charge in [-0.25, -0.2) is 0 Å². The van der Waals surface area contributed by atoms with E-state index >= 15 is 0 Å². The van der Waals surface area contributed by atoms with Crippen molar-refractivity contribution in [2.75, 3.05) is 19.7 Å². The number of β-amino-alcohol motifs (C(OH)–C–C–N with tert-alkyl or cyclic N) is 1. The third kappa shape index (κ3) is 4.25. The topological polar surface area (TPSA) is 75.8 Å². The lowest BCUT2D eigenvalue weighted by Crippen LogP contribution is -2.40. The van der Waals surface area contributed by atoms with Crippen LogP contribution >= 0.6 is 0 Å². The number of aliphatic hydroxyl groups is 1. The zero-order valence-corrected chi connectivity index (χ0v) is 15.6. The Morgan fingerprint density at radius 1 is 1.38 bits per heavy atom. The molecular formula is C20H26N2O4. The quantitative estimate of drug-likeness (QED) is 0.859. The normalized spacial score (nSPS) is 19.8. The van der Waals surface area contributed by atoms with E-state index in [2.05, 4.69) is 5.16 Å². The van der Waals surface area contributed by atoms with E-state index in [0.29, 0.717) is 32.4 Å². The lowest BCUT2D eigenvalue weighted by Gasteiger charge is -2.23. The van der Waals surface area contributed by atoms with Crippen molar-refractivity contribution in [1.82, 2.24) is 10.1 Å². The highest BCUT2D eigenvalue weighted by atomic mass is 16.5. The van der Waals surface area contributed by atoms with Crippen LogP contribution in [-0.2, 0) is 11.2 Å². The average molecular weight is 358 g/mol. The van der Waals surface area contributed by atoms with Crippen LogP contribution in [0.15, 0.2) is 28.8 Å². The minimum Gasteiger partial charge on any atom is -0.491 e. The summed E-state index contributed by atoms with van der Waals surface area (Å²) in [7, 11) is 0. The summed E-state index contributed by atoms with van der Waals surface area (Å²) in [6, 6.07) is 7.73. The first-order valence-electron chi connectivity index (χ1n) is 8.98. The Morgan fingerprint density at radius 2 is 2.19 bits per heavy atom. The van der Waals surface area contributed by atoms with E-state index in [1.807, 2.05) is 45.0 Å². The van der Waals surface area contributed by atoms with Crippen molar-refractivity contribution < 1.29 is 19.2 Å². The molecule has 6 heteroatoms. The summed E-state index contributed by atoms with van der Waals surface area (Å²) in [5.41, 5.74) is 1.94. The molecule has 1 atom stereocenters. The lowest BCUT2D eigenvalue weighted by molar-refractivity contribution is -0.131. The fourth-order valence-corrected chi connectivity index (χ4v) is 3.36. The van der Waals surface area contributed by atoms with Gasteiger partial charge in [0.2, 0.25) is 5.91 Å². The van der Waals surface area contributed by atoms with Crippen LogP contribution in [0.5, 0.6) is 5.75 Å². The Morgan fingerprint density at radius 3 is 2.88 bits per heavy atom. The maximum absolute atomic E-state index is 12.5. The Kier molecular flexibility index (Phi) is 5.32. The van der Waals surface area contributed by atoms with E-state index in [0.717, 1.165) is 28.3 Å². The fraction of sp³-hybridized carbons (Fsp3) is 0.500. The predicted molar refractivity (Wildman–Crippen MR) is 97.1 cm³/mol. The number of amides is 1. The highest BCUT2D eigenvalue weighted by Crippen LogP contribution is 2.24. The third-order valence-electron chi connectivity index (χ3n) is 4.95. The van der Waals surface area contributed by atoms with Crippen LogP contribution in [0.1, 0.15) is 35.4 Å². The Hall–Kier alpha value is -2.34. The van der Waals surface area contributed by atoms with Gasteiger partial charge in [-0.3, -0.25) is 4.79 Å². The summed E-state index contributed by atoms with van der Waals surface area (Å²) >= 11 is 0. The molecule has 1 N–H and O–H groups in total. The molecule has 1 aliphatic heterocycles. The minimum absolute atomic E-state index is 0.0384. The number of likely N-dealkylation sites (tertiary alicyclic amines) is 1. The van der Waals surface area contributed by atoms with Crippen LogP contribution in [-0.4, -0.2) is 46.4 Å². The van der Waals surface area contributed by atoms with E-state index in [1.165, 1.54) is 0 Å². The number of aryl methyl sites for hydroxylation is 3. The van der Waals surface area contributed by atoms with Crippen LogP contribution in [0.3, 0.4) is 0 Å². The van der Waals surface area contributed by atoms with E-state index in [4.69, 9.17) is 9.26 Å². The third-order valence-corrected chi connectivity index (χ3v) is 4.95. The molecule has 26 heavy (non-hydrogen) atoms. The van der Waals surface area contributed by atoms with E-state index in [1.54, 1.807) is 4.90 Å². The Balaban J connectivity index is 1.51. The molecule has 0 spiro atoms. The molecule has 1 aliphatic rings. The summed E-state index contributed by atoms with van der Waals surface area (Å²) in [4.78, 5) is 14.2. The molecule has 0 radical (unpaired) electrons. The van der Waals surface area contributed by atoms with Gasteiger partial charge >= 0.3 is 0 Å². The number of rotatable bonds is 6. The van der Waals surface area contributed by atoms with Crippen molar-refractivity contribution in [3.8, 4) is 5.75 Å². The maximum Gasteiger partial charge on any atom is 0.223 e. The van der Waals surface area contributed by atoms with Gasteiger partial charge in [-0.1, -0.05) is 17.3 Å². The maximum atomic E-state index is 12.5. The summed E-state index contributed by atoms with van der Waals surface area (Å²) in [5, 5.41) is 14.7. The Labute approximate surface area is 153 Å². The zero-order chi connectivity index (χ0) is 18.7.